The van der Waals surface area contributed by atoms with Crippen LogP contribution in [0.4, 0.5) is 0 Å². The second-order valence-corrected chi connectivity index (χ2v) is 8.69. The standard InChI is InChI=1S/C26H34O5/c1-4-5-8-17(2)22(28)14-13-20-19(16-27)15-23-25(20)21-11-6-9-18(26(21)31-23)10-7-12-24(29)30-3/h6,9,11,13-14,17,19-20,22-23,25,27-28H,7-8,10,12,15-16H2,1-3H3/b14-13+/t17-,19-,20-,22+,23-,25-/m0/s1. The third-order valence-corrected chi connectivity index (χ3v) is 6.65. The number of allylic oxidation sites excluding steroid dienone is 1. The van der Waals surface area contributed by atoms with Crippen molar-refractivity contribution in [2.45, 2.75) is 64.1 Å². The summed E-state index contributed by atoms with van der Waals surface area (Å²) in [7, 11) is 1.41. The van der Waals surface area contributed by atoms with Gasteiger partial charge in [-0.3, -0.25) is 4.79 Å². The highest BCUT2D eigenvalue weighted by molar-refractivity contribution is 5.69. The van der Waals surface area contributed by atoms with Crippen molar-refractivity contribution in [2.75, 3.05) is 13.7 Å². The monoisotopic (exact) mass is 426 g/mol. The van der Waals surface area contributed by atoms with Gasteiger partial charge in [0.05, 0.1) is 13.2 Å². The molecule has 1 heterocycles. The summed E-state index contributed by atoms with van der Waals surface area (Å²) in [4.78, 5) is 11.4. The summed E-state index contributed by atoms with van der Waals surface area (Å²) in [5, 5.41) is 20.5. The number of benzene rings is 1. The Morgan fingerprint density at radius 3 is 2.94 bits per heavy atom. The first-order valence-corrected chi connectivity index (χ1v) is 11.2. The molecule has 0 radical (unpaired) electrons. The molecule has 1 saturated carbocycles. The van der Waals surface area contributed by atoms with E-state index in [0.717, 1.165) is 30.6 Å². The van der Waals surface area contributed by atoms with Gasteiger partial charge in [-0.1, -0.05) is 37.3 Å². The molecular formula is C26H34O5. The maximum absolute atomic E-state index is 11.4. The molecule has 0 amide bonds. The van der Waals surface area contributed by atoms with E-state index in [1.54, 1.807) is 6.92 Å². The number of ether oxygens (including phenoxy) is 2. The molecule has 6 atom stereocenters. The van der Waals surface area contributed by atoms with Crippen LogP contribution < -0.4 is 4.74 Å². The van der Waals surface area contributed by atoms with Gasteiger partial charge in [0, 0.05) is 30.9 Å². The van der Waals surface area contributed by atoms with Crippen LogP contribution in [-0.2, 0) is 16.0 Å². The van der Waals surface area contributed by atoms with Crippen LogP contribution in [0.3, 0.4) is 0 Å². The summed E-state index contributed by atoms with van der Waals surface area (Å²) < 4.78 is 11.1. The summed E-state index contributed by atoms with van der Waals surface area (Å²) >= 11 is 0. The highest BCUT2D eigenvalue weighted by Gasteiger charge is 2.49. The Morgan fingerprint density at radius 2 is 2.23 bits per heavy atom. The molecule has 1 aromatic carbocycles. The predicted octanol–water partition coefficient (Wildman–Crippen LogP) is 3.62. The van der Waals surface area contributed by atoms with E-state index >= 15 is 0 Å². The Kier molecular flexibility index (Phi) is 8.17. The van der Waals surface area contributed by atoms with Crippen molar-refractivity contribution in [3.05, 3.63) is 41.5 Å². The number of esters is 1. The van der Waals surface area contributed by atoms with E-state index in [9.17, 15) is 15.0 Å². The van der Waals surface area contributed by atoms with E-state index in [-0.39, 0.29) is 42.4 Å². The van der Waals surface area contributed by atoms with Gasteiger partial charge in [0.15, 0.2) is 0 Å². The molecule has 3 rings (SSSR count). The Labute approximate surface area is 185 Å². The molecule has 2 aliphatic rings. The highest BCUT2D eigenvalue weighted by atomic mass is 16.5. The minimum atomic E-state index is -0.564. The normalized spacial score (nSPS) is 25.8. The summed E-state index contributed by atoms with van der Waals surface area (Å²) in [6.07, 6.45) is 6.73. The van der Waals surface area contributed by atoms with E-state index in [1.807, 2.05) is 19.1 Å². The smallest absolute Gasteiger partial charge is 0.305 e. The maximum atomic E-state index is 11.4. The largest absolute Gasteiger partial charge is 0.489 e. The number of methoxy groups -OCH3 is 1. The number of aryl methyl sites for hydroxylation is 1. The molecule has 0 unspecified atom stereocenters. The quantitative estimate of drug-likeness (QED) is 0.358. The van der Waals surface area contributed by atoms with E-state index in [2.05, 4.69) is 30.0 Å². The van der Waals surface area contributed by atoms with Crippen molar-refractivity contribution in [1.29, 1.82) is 0 Å². The van der Waals surface area contributed by atoms with Crippen molar-refractivity contribution < 1.29 is 24.5 Å². The summed E-state index contributed by atoms with van der Waals surface area (Å²) in [6.45, 7) is 3.90. The molecule has 0 saturated heterocycles. The lowest BCUT2D eigenvalue weighted by atomic mass is 9.83. The number of hydrogen-bond acceptors (Lipinski definition) is 5. The van der Waals surface area contributed by atoms with Gasteiger partial charge in [-0.05, 0) is 49.5 Å². The minimum Gasteiger partial charge on any atom is -0.489 e. The average molecular weight is 427 g/mol. The fraction of sp³-hybridized carbons (Fsp3) is 0.577. The Bertz CT molecular complexity index is 849. The van der Waals surface area contributed by atoms with Gasteiger partial charge in [-0.25, -0.2) is 0 Å². The average Bonchev–Trinajstić information content (AvgIpc) is 3.31. The molecule has 1 fully saturated rings. The Balaban J connectivity index is 1.76. The van der Waals surface area contributed by atoms with Crippen molar-refractivity contribution in [2.24, 2.45) is 17.8 Å². The van der Waals surface area contributed by atoms with Gasteiger partial charge >= 0.3 is 5.97 Å². The van der Waals surface area contributed by atoms with Crippen LogP contribution in [0, 0.1) is 29.6 Å². The van der Waals surface area contributed by atoms with Crippen LogP contribution in [-0.4, -0.2) is 42.1 Å². The molecular weight excluding hydrogens is 392 g/mol. The molecule has 31 heavy (non-hydrogen) atoms. The van der Waals surface area contributed by atoms with Crippen LogP contribution >= 0.6 is 0 Å². The first-order valence-electron chi connectivity index (χ1n) is 11.2. The number of aliphatic hydroxyl groups excluding tert-OH is 2. The van der Waals surface area contributed by atoms with Crippen molar-refractivity contribution >= 4 is 5.97 Å². The number of fused-ring (bicyclic) bond motifs is 3. The SMILES string of the molecule is CC#CC[C@H](C)[C@H](O)/C=C/[C@H]1[C@H](CO)C[C@@H]2Oc3c(CCCC(=O)OC)cccc3[C@H]12. The molecule has 0 spiro atoms. The van der Waals surface area contributed by atoms with Gasteiger partial charge < -0.3 is 19.7 Å². The van der Waals surface area contributed by atoms with Crippen LogP contribution in [0.2, 0.25) is 0 Å². The van der Waals surface area contributed by atoms with Gasteiger partial charge in [0.2, 0.25) is 0 Å². The predicted molar refractivity (Wildman–Crippen MR) is 120 cm³/mol. The molecule has 0 bridgehead atoms. The van der Waals surface area contributed by atoms with Crippen LogP contribution in [0.5, 0.6) is 5.75 Å². The van der Waals surface area contributed by atoms with Gasteiger partial charge in [0.25, 0.3) is 0 Å². The number of carbonyl (C=O) groups excluding carboxylic acids is 1. The highest BCUT2D eigenvalue weighted by Crippen LogP contribution is 2.54. The van der Waals surface area contributed by atoms with E-state index in [0.29, 0.717) is 12.8 Å². The molecule has 5 heteroatoms. The van der Waals surface area contributed by atoms with Crippen molar-refractivity contribution in [3.8, 4) is 17.6 Å². The zero-order valence-corrected chi connectivity index (χ0v) is 18.7. The number of aliphatic hydroxyl groups is 2. The lowest BCUT2D eigenvalue weighted by Gasteiger charge is -2.21. The fourth-order valence-electron chi connectivity index (χ4n) is 4.85. The fourth-order valence-corrected chi connectivity index (χ4v) is 4.85. The summed E-state index contributed by atoms with van der Waals surface area (Å²) in [5.41, 5.74) is 2.29. The molecule has 1 aromatic rings. The third-order valence-electron chi connectivity index (χ3n) is 6.65. The minimum absolute atomic E-state index is 0.0316. The second-order valence-electron chi connectivity index (χ2n) is 8.69. The van der Waals surface area contributed by atoms with Crippen molar-refractivity contribution in [1.82, 2.24) is 0 Å². The maximum Gasteiger partial charge on any atom is 0.305 e. The van der Waals surface area contributed by atoms with E-state index in [1.165, 1.54) is 12.7 Å². The molecule has 168 valence electrons. The van der Waals surface area contributed by atoms with E-state index < -0.39 is 6.10 Å². The lowest BCUT2D eigenvalue weighted by molar-refractivity contribution is -0.140. The van der Waals surface area contributed by atoms with Gasteiger partial charge in [-0.2, -0.15) is 0 Å². The van der Waals surface area contributed by atoms with Gasteiger partial charge in [-0.15, -0.1) is 11.8 Å². The van der Waals surface area contributed by atoms with E-state index in [4.69, 9.17) is 9.47 Å². The molecule has 1 aliphatic heterocycles. The van der Waals surface area contributed by atoms with Crippen molar-refractivity contribution in [3.63, 3.8) is 0 Å². The molecule has 2 N–H and O–H groups in total. The Morgan fingerprint density at radius 1 is 1.42 bits per heavy atom. The number of hydrogen-bond donors (Lipinski definition) is 2. The van der Waals surface area contributed by atoms with Crippen LogP contribution in [0.1, 0.15) is 56.6 Å². The summed E-state index contributed by atoms with van der Waals surface area (Å²) in [6, 6.07) is 6.22. The molecule has 1 aliphatic carbocycles. The zero-order chi connectivity index (χ0) is 22.4. The van der Waals surface area contributed by atoms with Crippen LogP contribution in [0.15, 0.2) is 30.4 Å². The molecule has 5 nitrogen and oxygen atoms in total. The number of carbonyl (C=O) groups is 1. The Hall–Kier alpha value is -2.29. The first kappa shape index (κ1) is 23.4. The zero-order valence-electron chi connectivity index (χ0n) is 18.7. The number of rotatable bonds is 9. The van der Waals surface area contributed by atoms with Crippen LogP contribution in [0.25, 0.3) is 0 Å². The lowest BCUT2D eigenvalue weighted by Crippen LogP contribution is -2.18. The third kappa shape index (κ3) is 5.31. The summed E-state index contributed by atoms with van der Waals surface area (Å²) in [5.74, 6) is 7.09. The first-order chi connectivity index (χ1) is 15.0. The number of para-hydroxylation sites is 1. The topological polar surface area (TPSA) is 76.0 Å². The molecule has 0 aromatic heterocycles. The second kappa shape index (κ2) is 10.8. The van der Waals surface area contributed by atoms with Gasteiger partial charge in [0.1, 0.15) is 11.9 Å².